The van der Waals surface area contributed by atoms with E-state index in [9.17, 15) is 0 Å². The zero-order valence-electron chi connectivity index (χ0n) is 11.3. The first-order valence-corrected chi connectivity index (χ1v) is 6.64. The Morgan fingerprint density at radius 1 is 1.50 bits per heavy atom. The number of likely N-dealkylation sites (N-methyl/N-ethyl adjacent to an activating group) is 1. The topological polar surface area (TPSA) is 38.5 Å². The van der Waals surface area contributed by atoms with Crippen molar-refractivity contribution >= 4 is 0 Å². The van der Waals surface area contributed by atoms with E-state index in [2.05, 4.69) is 32.6 Å². The highest BCUT2D eigenvalue weighted by molar-refractivity contribution is 4.96. The summed E-state index contributed by atoms with van der Waals surface area (Å²) in [4.78, 5) is 2.56. The van der Waals surface area contributed by atoms with Crippen molar-refractivity contribution in [3.8, 4) is 0 Å². The van der Waals surface area contributed by atoms with Crippen molar-refractivity contribution < 1.29 is 4.74 Å². The SMILES string of the molecule is CCC(C)N(CC)C(C)(CN)C1CCOC1. The summed E-state index contributed by atoms with van der Waals surface area (Å²) in [7, 11) is 0. The van der Waals surface area contributed by atoms with Crippen molar-refractivity contribution in [2.24, 2.45) is 11.7 Å². The average Bonchev–Trinajstić information content (AvgIpc) is 2.83. The van der Waals surface area contributed by atoms with Crippen LogP contribution in [0.4, 0.5) is 0 Å². The van der Waals surface area contributed by atoms with Gasteiger partial charge in [0.2, 0.25) is 0 Å². The largest absolute Gasteiger partial charge is 0.381 e. The Bertz CT molecular complexity index is 204. The van der Waals surface area contributed by atoms with E-state index < -0.39 is 0 Å². The molecule has 0 aliphatic carbocycles. The molecule has 1 heterocycles. The van der Waals surface area contributed by atoms with Gasteiger partial charge in [0.25, 0.3) is 0 Å². The first kappa shape index (κ1) is 13.9. The predicted octanol–water partition coefficient (Wildman–Crippen LogP) is 1.86. The zero-order chi connectivity index (χ0) is 12.2. The van der Waals surface area contributed by atoms with Crippen LogP contribution in [0.2, 0.25) is 0 Å². The second-order valence-electron chi connectivity index (χ2n) is 5.17. The van der Waals surface area contributed by atoms with Crippen molar-refractivity contribution in [3.05, 3.63) is 0 Å². The van der Waals surface area contributed by atoms with E-state index in [-0.39, 0.29) is 5.54 Å². The Morgan fingerprint density at radius 3 is 2.56 bits per heavy atom. The van der Waals surface area contributed by atoms with E-state index in [1.807, 2.05) is 0 Å². The van der Waals surface area contributed by atoms with Gasteiger partial charge in [-0.2, -0.15) is 0 Å². The smallest absolute Gasteiger partial charge is 0.0513 e. The van der Waals surface area contributed by atoms with Gasteiger partial charge in [0, 0.05) is 30.7 Å². The normalized spacial score (nSPS) is 27.0. The van der Waals surface area contributed by atoms with Crippen LogP contribution in [-0.4, -0.2) is 42.8 Å². The van der Waals surface area contributed by atoms with E-state index in [1.54, 1.807) is 0 Å². The molecule has 1 aliphatic heterocycles. The molecule has 0 spiro atoms. The lowest BCUT2D eigenvalue weighted by molar-refractivity contribution is 0.0189. The van der Waals surface area contributed by atoms with Crippen LogP contribution in [0, 0.1) is 5.92 Å². The monoisotopic (exact) mass is 228 g/mol. The van der Waals surface area contributed by atoms with Crippen LogP contribution < -0.4 is 5.73 Å². The lowest BCUT2D eigenvalue weighted by Crippen LogP contribution is -2.59. The molecule has 16 heavy (non-hydrogen) atoms. The van der Waals surface area contributed by atoms with Gasteiger partial charge >= 0.3 is 0 Å². The van der Waals surface area contributed by atoms with Crippen LogP contribution in [0.15, 0.2) is 0 Å². The second-order valence-corrected chi connectivity index (χ2v) is 5.17. The Hall–Kier alpha value is -0.120. The van der Waals surface area contributed by atoms with E-state index in [0.717, 1.165) is 32.7 Å². The van der Waals surface area contributed by atoms with Crippen LogP contribution in [0.1, 0.15) is 40.5 Å². The molecule has 1 fully saturated rings. The van der Waals surface area contributed by atoms with Crippen molar-refractivity contribution in [1.29, 1.82) is 0 Å². The van der Waals surface area contributed by atoms with Gasteiger partial charge in [-0.1, -0.05) is 13.8 Å². The van der Waals surface area contributed by atoms with Gasteiger partial charge in [-0.05, 0) is 33.2 Å². The molecule has 1 rings (SSSR count). The first-order chi connectivity index (χ1) is 7.60. The van der Waals surface area contributed by atoms with E-state index in [4.69, 9.17) is 10.5 Å². The second kappa shape index (κ2) is 5.99. The van der Waals surface area contributed by atoms with E-state index in [1.165, 1.54) is 6.42 Å². The number of ether oxygens (including phenoxy) is 1. The summed E-state index contributed by atoms with van der Waals surface area (Å²) in [5.41, 5.74) is 6.16. The molecule has 0 bridgehead atoms. The lowest BCUT2D eigenvalue weighted by Gasteiger charge is -2.47. The molecule has 0 aromatic rings. The molecule has 1 saturated heterocycles. The summed E-state index contributed by atoms with van der Waals surface area (Å²) in [6.45, 7) is 12.7. The molecule has 0 saturated carbocycles. The van der Waals surface area contributed by atoms with Crippen molar-refractivity contribution in [3.63, 3.8) is 0 Å². The third-order valence-corrected chi connectivity index (χ3v) is 4.34. The fourth-order valence-electron chi connectivity index (χ4n) is 2.94. The number of rotatable bonds is 6. The average molecular weight is 228 g/mol. The molecule has 96 valence electrons. The van der Waals surface area contributed by atoms with Crippen molar-refractivity contribution in [2.75, 3.05) is 26.3 Å². The summed E-state index contributed by atoms with van der Waals surface area (Å²) in [5, 5.41) is 0. The summed E-state index contributed by atoms with van der Waals surface area (Å²) in [6, 6.07) is 0.596. The molecule has 0 amide bonds. The molecule has 1 aliphatic rings. The number of nitrogens with two attached hydrogens (primary N) is 1. The van der Waals surface area contributed by atoms with Gasteiger partial charge in [0.1, 0.15) is 0 Å². The van der Waals surface area contributed by atoms with Gasteiger partial charge < -0.3 is 10.5 Å². The standard InChI is InChI=1S/C13H28N2O/c1-5-11(3)15(6-2)13(4,10-14)12-7-8-16-9-12/h11-12H,5-10,14H2,1-4H3. The Kier molecular flexibility index (Phi) is 5.22. The maximum atomic E-state index is 6.06. The summed E-state index contributed by atoms with van der Waals surface area (Å²) >= 11 is 0. The zero-order valence-corrected chi connectivity index (χ0v) is 11.3. The summed E-state index contributed by atoms with van der Waals surface area (Å²) in [6.07, 6.45) is 2.33. The molecule has 3 unspecified atom stereocenters. The molecule has 3 heteroatoms. The van der Waals surface area contributed by atoms with Crippen LogP contribution in [0.3, 0.4) is 0 Å². The van der Waals surface area contributed by atoms with Gasteiger partial charge in [-0.25, -0.2) is 0 Å². The highest BCUT2D eigenvalue weighted by Crippen LogP contribution is 2.32. The van der Waals surface area contributed by atoms with Gasteiger partial charge in [-0.15, -0.1) is 0 Å². The Balaban J connectivity index is 2.82. The fourth-order valence-corrected chi connectivity index (χ4v) is 2.94. The maximum Gasteiger partial charge on any atom is 0.0513 e. The minimum absolute atomic E-state index is 0.0979. The molecule has 0 radical (unpaired) electrons. The summed E-state index contributed by atoms with van der Waals surface area (Å²) in [5.74, 6) is 0.589. The minimum atomic E-state index is 0.0979. The number of hydrogen-bond donors (Lipinski definition) is 1. The minimum Gasteiger partial charge on any atom is -0.381 e. The van der Waals surface area contributed by atoms with Gasteiger partial charge in [0.05, 0.1) is 6.61 Å². The third kappa shape index (κ3) is 2.58. The molecule has 0 aromatic carbocycles. The molecule has 3 nitrogen and oxygen atoms in total. The predicted molar refractivity (Wildman–Crippen MR) is 68.5 cm³/mol. The van der Waals surface area contributed by atoms with Gasteiger partial charge in [-0.3, -0.25) is 4.90 Å². The fraction of sp³-hybridized carbons (Fsp3) is 1.00. The van der Waals surface area contributed by atoms with Gasteiger partial charge in [0.15, 0.2) is 0 Å². The molecule has 3 atom stereocenters. The lowest BCUT2D eigenvalue weighted by atomic mass is 9.82. The maximum absolute atomic E-state index is 6.06. The number of nitrogens with zero attached hydrogens (tertiary/aromatic N) is 1. The highest BCUT2D eigenvalue weighted by Gasteiger charge is 2.41. The highest BCUT2D eigenvalue weighted by atomic mass is 16.5. The quantitative estimate of drug-likeness (QED) is 0.754. The van der Waals surface area contributed by atoms with E-state index >= 15 is 0 Å². The Morgan fingerprint density at radius 2 is 2.19 bits per heavy atom. The first-order valence-electron chi connectivity index (χ1n) is 6.64. The van der Waals surface area contributed by atoms with Crippen molar-refractivity contribution in [1.82, 2.24) is 4.90 Å². The van der Waals surface area contributed by atoms with Crippen molar-refractivity contribution in [2.45, 2.75) is 52.1 Å². The van der Waals surface area contributed by atoms with Crippen LogP contribution in [-0.2, 0) is 4.74 Å². The van der Waals surface area contributed by atoms with Crippen LogP contribution in [0.25, 0.3) is 0 Å². The summed E-state index contributed by atoms with van der Waals surface area (Å²) < 4.78 is 5.53. The van der Waals surface area contributed by atoms with Crippen LogP contribution in [0.5, 0.6) is 0 Å². The molecule has 2 N–H and O–H groups in total. The number of hydrogen-bond acceptors (Lipinski definition) is 3. The van der Waals surface area contributed by atoms with E-state index in [0.29, 0.717) is 12.0 Å². The Labute approximate surface area is 100 Å². The molecule has 0 aromatic heterocycles. The molecular weight excluding hydrogens is 200 g/mol. The molecular formula is C13H28N2O. The van der Waals surface area contributed by atoms with Crippen LogP contribution >= 0.6 is 0 Å². The third-order valence-electron chi connectivity index (χ3n) is 4.34.